The zero-order valence-electron chi connectivity index (χ0n) is 11.1. The first-order chi connectivity index (χ1) is 9.83. The summed E-state index contributed by atoms with van der Waals surface area (Å²) < 4.78 is 6.54. The number of hydrogen-bond donors (Lipinski definition) is 0. The summed E-state index contributed by atoms with van der Waals surface area (Å²) in [6, 6.07) is 10.0. The van der Waals surface area contributed by atoms with Crippen LogP contribution in [0.5, 0.6) is 0 Å². The molecule has 2 aromatic rings. The Kier molecular flexibility index (Phi) is 4.28. The second kappa shape index (κ2) is 6.33. The minimum Gasteiger partial charge on any atom is -0.380 e. The SMILES string of the molecule is Brc1ccc(-c2nccc(N3CCCOCC3)n2)cc1. The van der Waals surface area contributed by atoms with Gasteiger partial charge in [-0.15, -0.1) is 0 Å². The number of hydrogen-bond acceptors (Lipinski definition) is 4. The third-order valence-corrected chi connectivity index (χ3v) is 3.82. The highest BCUT2D eigenvalue weighted by molar-refractivity contribution is 9.10. The van der Waals surface area contributed by atoms with Crippen LogP contribution in [0.4, 0.5) is 5.82 Å². The Balaban J connectivity index is 1.86. The molecule has 0 aliphatic carbocycles. The predicted molar refractivity (Wildman–Crippen MR) is 82.8 cm³/mol. The fourth-order valence-electron chi connectivity index (χ4n) is 2.24. The smallest absolute Gasteiger partial charge is 0.161 e. The molecule has 0 saturated carbocycles. The maximum absolute atomic E-state index is 5.48. The molecule has 0 bridgehead atoms. The van der Waals surface area contributed by atoms with Crippen molar-refractivity contribution in [3.63, 3.8) is 0 Å². The Bertz CT molecular complexity index is 566. The molecule has 1 aromatic heterocycles. The zero-order chi connectivity index (χ0) is 13.8. The van der Waals surface area contributed by atoms with Gasteiger partial charge in [0.15, 0.2) is 5.82 Å². The van der Waals surface area contributed by atoms with Crippen molar-refractivity contribution >= 4 is 21.7 Å². The lowest BCUT2D eigenvalue weighted by Crippen LogP contribution is -2.26. The third-order valence-electron chi connectivity index (χ3n) is 3.29. The molecule has 0 radical (unpaired) electrons. The Hall–Kier alpha value is -1.46. The van der Waals surface area contributed by atoms with Crippen LogP contribution in [0.2, 0.25) is 0 Å². The van der Waals surface area contributed by atoms with E-state index in [9.17, 15) is 0 Å². The number of aromatic nitrogens is 2. The van der Waals surface area contributed by atoms with Gasteiger partial charge in [0, 0.05) is 35.9 Å². The maximum atomic E-state index is 5.48. The second-order valence-corrected chi connectivity index (χ2v) is 5.61. The summed E-state index contributed by atoms with van der Waals surface area (Å²) in [6.45, 7) is 3.46. The van der Waals surface area contributed by atoms with E-state index in [2.05, 4.69) is 30.8 Å². The topological polar surface area (TPSA) is 38.2 Å². The van der Waals surface area contributed by atoms with Gasteiger partial charge in [-0.25, -0.2) is 9.97 Å². The molecule has 1 aliphatic rings. The van der Waals surface area contributed by atoms with Crippen LogP contribution in [0.15, 0.2) is 41.0 Å². The molecule has 3 rings (SSSR count). The van der Waals surface area contributed by atoms with Gasteiger partial charge >= 0.3 is 0 Å². The lowest BCUT2D eigenvalue weighted by Gasteiger charge is -2.20. The largest absolute Gasteiger partial charge is 0.380 e. The van der Waals surface area contributed by atoms with E-state index in [1.165, 1.54) is 0 Å². The molecule has 104 valence electrons. The molecule has 1 aromatic carbocycles. The van der Waals surface area contributed by atoms with E-state index in [1.807, 2.05) is 36.5 Å². The highest BCUT2D eigenvalue weighted by Crippen LogP contribution is 2.21. The molecular formula is C15H16BrN3O. The monoisotopic (exact) mass is 333 g/mol. The number of rotatable bonds is 2. The van der Waals surface area contributed by atoms with E-state index in [0.29, 0.717) is 0 Å². The molecule has 1 fully saturated rings. The molecule has 0 atom stereocenters. The zero-order valence-corrected chi connectivity index (χ0v) is 12.7. The van der Waals surface area contributed by atoms with Crippen molar-refractivity contribution in [2.45, 2.75) is 6.42 Å². The minimum absolute atomic E-state index is 0.762. The highest BCUT2D eigenvalue weighted by Gasteiger charge is 2.12. The van der Waals surface area contributed by atoms with E-state index in [4.69, 9.17) is 4.74 Å². The van der Waals surface area contributed by atoms with Crippen molar-refractivity contribution in [1.29, 1.82) is 0 Å². The maximum Gasteiger partial charge on any atom is 0.161 e. The van der Waals surface area contributed by atoms with Gasteiger partial charge in [0.2, 0.25) is 0 Å². The number of ether oxygens (including phenoxy) is 1. The Morgan fingerprint density at radius 2 is 1.90 bits per heavy atom. The van der Waals surface area contributed by atoms with Gasteiger partial charge in [-0.2, -0.15) is 0 Å². The number of halogens is 1. The molecule has 5 heteroatoms. The van der Waals surface area contributed by atoms with Crippen LogP contribution in [0.3, 0.4) is 0 Å². The van der Waals surface area contributed by atoms with Crippen LogP contribution >= 0.6 is 15.9 Å². The van der Waals surface area contributed by atoms with E-state index in [-0.39, 0.29) is 0 Å². The van der Waals surface area contributed by atoms with Crippen molar-refractivity contribution < 1.29 is 4.74 Å². The summed E-state index contributed by atoms with van der Waals surface area (Å²) in [5, 5.41) is 0. The van der Waals surface area contributed by atoms with Crippen LogP contribution < -0.4 is 4.90 Å². The average molecular weight is 334 g/mol. The Morgan fingerprint density at radius 1 is 1.05 bits per heavy atom. The molecular weight excluding hydrogens is 318 g/mol. The predicted octanol–water partition coefficient (Wildman–Crippen LogP) is 3.13. The van der Waals surface area contributed by atoms with Crippen LogP contribution in [0, 0.1) is 0 Å². The number of nitrogens with zero attached hydrogens (tertiary/aromatic N) is 3. The molecule has 0 N–H and O–H groups in total. The second-order valence-electron chi connectivity index (χ2n) is 4.70. The quantitative estimate of drug-likeness (QED) is 0.846. The van der Waals surface area contributed by atoms with Gasteiger partial charge in [-0.1, -0.05) is 28.1 Å². The molecule has 0 spiro atoms. The Morgan fingerprint density at radius 3 is 2.75 bits per heavy atom. The van der Waals surface area contributed by atoms with Crippen LogP contribution in [0.1, 0.15) is 6.42 Å². The summed E-state index contributed by atoms with van der Waals surface area (Å²) in [6.07, 6.45) is 2.86. The molecule has 0 amide bonds. The molecule has 20 heavy (non-hydrogen) atoms. The van der Waals surface area contributed by atoms with Crippen LogP contribution in [-0.2, 0) is 4.74 Å². The molecule has 0 unspecified atom stereocenters. The van der Waals surface area contributed by atoms with E-state index in [0.717, 1.165) is 54.4 Å². The lowest BCUT2D eigenvalue weighted by molar-refractivity contribution is 0.152. The summed E-state index contributed by atoms with van der Waals surface area (Å²) in [4.78, 5) is 11.3. The fraction of sp³-hybridized carbons (Fsp3) is 0.333. The van der Waals surface area contributed by atoms with Gasteiger partial charge in [-0.05, 0) is 24.6 Å². The Labute approximate surface area is 126 Å². The van der Waals surface area contributed by atoms with Crippen molar-refractivity contribution in [3.05, 3.63) is 41.0 Å². The third kappa shape index (κ3) is 3.16. The summed E-state index contributed by atoms with van der Waals surface area (Å²) in [5.41, 5.74) is 1.03. The van der Waals surface area contributed by atoms with Gasteiger partial charge in [0.05, 0.1) is 6.61 Å². The van der Waals surface area contributed by atoms with Crippen molar-refractivity contribution in [2.75, 3.05) is 31.2 Å². The first kappa shape index (κ1) is 13.5. The molecule has 4 nitrogen and oxygen atoms in total. The molecule has 1 saturated heterocycles. The van der Waals surface area contributed by atoms with Crippen LogP contribution in [-0.4, -0.2) is 36.3 Å². The minimum atomic E-state index is 0.762. The van der Waals surface area contributed by atoms with Gasteiger partial charge in [-0.3, -0.25) is 0 Å². The van der Waals surface area contributed by atoms with Crippen LogP contribution in [0.25, 0.3) is 11.4 Å². The molecule has 2 heterocycles. The number of anilines is 1. The lowest BCUT2D eigenvalue weighted by atomic mass is 10.2. The summed E-state index contributed by atoms with van der Waals surface area (Å²) in [5.74, 6) is 1.74. The van der Waals surface area contributed by atoms with E-state index < -0.39 is 0 Å². The van der Waals surface area contributed by atoms with Crippen molar-refractivity contribution in [3.8, 4) is 11.4 Å². The highest BCUT2D eigenvalue weighted by atomic mass is 79.9. The molecule has 1 aliphatic heterocycles. The van der Waals surface area contributed by atoms with E-state index >= 15 is 0 Å². The normalized spacial score (nSPS) is 15.9. The van der Waals surface area contributed by atoms with E-state index in [1.54, 1.807) is 0 Å². The van der Waals surface area contributed by atoms with Gasteiger partial charge in [0.1, 0.15) is 5.82 Å². The standard InChI is InChI=1S/C15H16BrN3O/c16-13-4-2-12(3-5-13)15-17-7-6-14(18-15)19-8-1-10-20-11-9-19/h2-7H,1,8-11H2. The van der Waals surface area contributed by atoms with Crippen molar-refractivity contribution in [2.24, 2.45) is 0 Å². The summed E-state index contributed by atoms with van der Waals surface area (Å²) >= 11 is 3.44. The van der Waals surface area contributed by atoms with Crippen molar-refractivity contribution in [1.82, 2.24) is 9.97 Å². The fourth-order valence-corrected chi connectivity index (χ4v) is 2.50. The van der Waals surface area contributed by atoms with Gasteiger partial charge < -0.3 is 9.64 Å². The average Bonchev–Trinajstić information content (AvgIpc) is 2.77. The summed E-state index contributed by atoms with van der Waals surface area (Å²) in [7, 11) is 0. The number of benzene rings is 1. The van der Waals surface area contributed by atoms with Gasteiger partial charge in [0.25, 0.3) is 0 Å². The first-order valence-electron chi connectivity index (χ1n) is 6.74. The first-order valence-corrected chi connectivity index (χ1v) is 7.54.